The lowest BCUT2D eigenvalue weighted by Crippen LogP contribution is -2.49. The summed E-state index contributed by atoms with van der Waals surface area (Å²) in [7, 11) is 0.704. The van der Waals surface area contributed by atoms with Gasteiger partial charge < -0.3 is 9.47 Å². The predicted octanol–water partition coefficient (Wildman–Crippen LogP) is 2.07. The Hall–Kier alpha value is -0.990. The summed E-state index contributed by atoms with van der Waals surface area (Å²) in [4.78, 5) is 22.9. The summed E-state index contributed by atoms with van der Waals surface area (Å²) in [6, 6.07) is 0. The number of alkyl halides is 4. The predicted molar refractivity (Wildman–Crippen MR) is 62.9 cm³/mol. The van der Waals surface area contributed by atoms with Crippen LogP contribution >= 0.6 is 11.8 Å². The van der Waals surface area contributed by atoms with Gasteiger partial charge in [0.15, 0.2) is 0 Å². The zero-order chi connectivity index (χ0) is 15.6. The van der Waals surface area contributed by atoms with Crippen molar-refractivity contribution in [2.45, 2.75) is 35.4 Å². The van der Waals surface area contributed by atoms with Gasteiger partial charge in [-0.25, -0.2) is 9.18 Å². The molecule has 118 valence electrons. The first-order chi connectivity index (χ1) is 9.69. The third kappa shape index (κ3) is 1.96. The number of carbonyl (C=O) groups is 2. The highest BCUT2D eigenvalue weighted by Gasteiger charge is 2.70. The Morgan fingerprint density at radius 2 is 2.00 bits per heavy atom. The number of fused-ring (bicyclic) bond motifs is 1. The van der Waals surface area contributed by atoms with E-state index in [1.165, 1.54) is 0 Å². The van der Waals surface area contributed by atoms with Crippen LogP contribution in [0.25, 0.3) is 0 Å². The zero-order valence-electron chi connectivity index (χ0n) is 10.9. The van der Waals surface area contributed by atoms with Crippen molar-refractivity contribution in [2.75, 3.05) is 7.11 Å². The quantitative estimate of drug-likeness (QED) is 0.586. The van der Waals surface area contributed by atoms with Crippen molar-refractivity contribution in [3.63, 3.8) is 0 Å². The summed E-state index contributed by atoms with van der Waals surface area (Å²) >= 11 is -0.125. The van der Waals surface area contributed by atoms with E-state index in [9.17, 15) is 27.2 Å². The Morgan fingerprint density at radius 3 is 2.57 bits per heavy atom. The Morgan fingerprint density at radius 1 is 1.33 bits per heavy atom. The lowest BCUT2D eigenvalue weighted by molar-refractivity contribution is -0.210. The topological polar surface area (TPSA) is 52.6 Å². The molecule has 0 aromatic rings. The molecule has 0 N–H and O–H groups in total. The van der Waals surface area contributed by atoms with Gasteiger partial charge in [0.25, 0.3) is 0 Å². The molecule has 1 heterocycles. The largest absolute Gasteiger partial charge is 0.466 e. The molecule has 2 aliphatic carbocycles. The molecule has 6 atom stereocenters. The summed E-state index contributed by atoms with van der Waals surface area (Å²) in [6.07, 6.45) is -5.21. The van der Waals surface area contributed by atoms with Gasteiger partial charge in [-0.15, -0.1) is 0 Å². The molecule has 1 unspecified atom stereocenters. The molecule has 1 aliphatic heterocycles. The Kier molecular flexibility index (Phi) is 3.20. The Bertz CT molecular complexity index is 496. The molecular formula is C12H12F4O4S. The normalized spacial score (nSPS) is 40.0. The second kappa shape index (κ2) is 4.50. The van der Waals surface area contributed by atoms with Gasteiger partial charge in [0, 0.05) is 11.2 Å². The number of esters is 2. The fourth-order valence-electron chi connectivity index (χ4n) is 3.61. The van der Waals surface area contributed by atoms with Crippen LogP contribution in [-0.4, -0.2) is 41.6 Å². The Labute approximate surface area is 121 Å². The van der Waals surface area contributed by atoms with E-state index in [2.05, 4.69) is 4.74 Å². The van der Waals surface area contributed by atoms with Gasteiger partial charge in [0.1, 0.15) is 6.10 Å². The first-order valence-electron chi connectivity index (χ1n) is 6.41. The van der Waals surface area contributed by atoms with Crippen LogP contribution in [-0.2, 0) is 19.1 Å². The van der Waals surface area contributed by atoms with E-state index in [4.69, 9.17) is 4.74 Å². The SMILES string of the molecule is COC(=O)C(F)(S[C@H]1[C@H]2C[C@H]3[C@@H]1OC(=O)[C@H]3C2)C(F)(F)F. The summed E-state index contributed by atoms with van der Waals surface area (Å²) in [5.41, 5.74) is 0. The fourth-order valence-corrected chi connectivity index (χ4v) is 5.11. The van der Waals surface area contributed by atoms with E-state index < -0.39 is 34.5 Å². The third-order valence-corrected chi connectivity index (χ3v) is 6.17. The van der Waals surface area contributed by atoms with Gasteiger partial charge in [-0.3, -0.25) is 4.79 Å². The molecule has 0 aromatic carbocycles. The number of thioether (sulfide) groups is 1. The standard InChI is InChI=1S/C12H12F4O4S/c1-19-10(18)11(13,12(14,15)16)21-8-4-2-5-6(3-4)9(17)20-7(5)8/h4-8H,2-3H2,1H3/t4-,5+,6-,7-,8-,11?/m0/s1. The second-order valence-corrected chi connectivity index (χ2v) is 6.91. The highest BCUT2D eigenvalue weighted by molar-refractivity contribution is 8.02. The van der Waals surface area contributed by atoms with Crippen molar-refractivity contribution in [2.24, 2.45) is 17.8 Å². The highest BCUT2D eigenvalue weighted by atomic mass is 32.2. The van der Waals surface area contributed by atoms with Crippen molar-refractivity contribution in [1.29, 1.82) is 0 Å². The lowest BCUT2D eigenvalue weighted by atomic mass is 9.89. The maximum Gasteiger partial charge on any atom is 0.443 e. The molecule has 0 radical (unpaired) electrons. The molecule has 2 bridgehead atoms. The summed E-state index contributed by atoms with van der Waals surface area (Å²) in [5, 5.41) is -5.01. The molecule has 3 rings (SSSR count). The van der Waals surface area contributed by atoms with E-state index in [0.29, 0.717) is 20.0 Å². The number of halogens is 4. The van der Waals surface area contributed by atoms with Crippen LogP contribution in [0.1, 0.15) is 12.8 Å². The first-order valence-corrected chi connectivity index (χ1v) is 7.29. The summed E-state index contributed by atoms with van der Waals surface area (Å²) in [6.45, 7) is 0. The van der Waals surface area contributed by atoms with Crippen LogP contribution in [0, 0.1) is 17.8 Å². The average molecular weight is 328 g/mol. The second-order valence-electron chi connectivity index (χ2n) is 5.57. The lowest BCUT2D eigenvalue weighted by Gasteiger charge is -2.32. The monoisotopic (exact) mass is 328 g/mol. The van der Waals surface area contributed by atoms with Crippen molar-refractivity contribution in [3.8, 4) is 0 Å². The molecule has 0 spiro atoms. The molecule has 2 saturated carbocycles. The van der Waals surface area contributed by atoms with E-state index in [1.807, 2.05) is 0 Å². The molecular weight excluding hydrogens is 316 g/mol. The minimum atomic E-state index is -5.39. The van der Waals surface area contributed by atoms with E-state index in [1.54, 1.807) is 0 Å². The highest BCUT2D eigenvalue weighted by Crippen LogP contribution is 2.61. The van der Waals surface area contributed by atoms with Crippen molar-refractivity contribution >= 4 is 23.7 Å². The molecule has 4 nitrogen and oxygen atoms in total. The number of hydrogen-bond acceptors (Lipinski definition) is 5. The van der Waals surface area contributed by atoms with Crippen molar-refractivity contribution in [3.05, 3.63) is 0 Å². The molecule has 1 saturated heterocycles. The molecule has 21 heavy (non-hydrogen) atoms. The molecule has 3 fully saturated rings. The van der Waals surface area contributed by atoms with Crippen LogP contribution in [0.4, 0.5) is 17.6 Å². The van der Waals surface area contributed by atoms with Crippen LogP contribution in [0.15, 0.2) is 0 Å². The van der Waals surface area contributed by atoms with E-state index >= 15 is 0 Å². The van der Waals surface area contributed by atoms with Crippen LogP contribution in [0.2, 0.25) is 0 Å². The molecule has 9 heteroatoms. The van der Waals surface area contributed by atoms with E-state index in [-0.39, 0.29) is 29.5 Å². The number of ether oxygens (including phenoxy) is 2. The van der Waals surface area contributed by atoms with Crippen LogP contribution in [0.3, 0.4) is 0 Å². The number of methoxy groups -OCH3 is 1. The van der Waals surface area contributed by atoms with Gasteiger partial charge in [-0.05, 0) is 18.8 Å². The van der Waals surface area contributed by atoms with Crippen LogP contribution in [0.5, 0.6) is 0 Å². The molecule has 0 aromatic heterocycles. The minimum absolute atomic E-state index is 0.125. The molecule has 0 amide bonds. The Balaban J connectivity index is 1.85. The molecule has 3 aliphatic rings. The van der Waals surface area contributed by atoms with Crippen molar-refractivity contribution in [1.82, 2.24) is 0 Å². The summed E-state index contributed by atoms with van der Waals surface area (Å²) in [5.74, 6) is -3.10. The van der Waals surface area contributed by atoms with Gasteiger partial charge >= 0.3 is 23.1 Å². The number of rotatable bonds is 3. The number of hydrogen-bond donors (Lipinski definition) is 0. The average Bonchev–Trinajstić information content (AvgIpc) is 3.00. The van der Waals surface area contributed by atoms with Crippen LogP contribution < -0.4 is 0 Å². The zero-order valence-corrected chi connectivity index (χ0v) is 11.7. The van der Waals surface area contributed by atoms with Gasteiger partial charge in [-0.2, -0.15) is 13.2 Å². The number of carbonyl (C=O) groups excluding carboxylic acids is 2. The fraction of sp³-hybridized carbons (Fsp3) is 0.833. The minimum Gasteiger partial charge on any atom is -0.466 e. The summed E-state index contributed by atoms with van der Waals surface area (Å²) < 4.78 is 62.2. The first kappa shape index (κ1) is 14.9. The maximum absolute atomic E-state index is 14.3. The smallest absolute Gasteiger partial charge is 0.443 e. The van der Waals surface area contributed by atoms with E-state index in [0.717, 1.165) is 0 Å². The van der Waals surface area contributed by atoms with Gasteiger partial charge in [0.05, 0.1) is 13.0 Å². The maximum atomic E-state index is 14.3. The van der Waals surface area contributed by atoms with Crippen molar-refractivity contribution < 1.29 is 36.6 Å². The van der Waals surface area contributed by atoms with Gasteiger partial charge in [-0.1, -0.05) is 11.8 Å². The third-order valence-electron chi connectivity index (χ3n) is 4.52. The van der Waals surface area contributed by atoms with Gasteiger partial charge in [0.2, 0.25) is 0 Å².